The quantitative estimate of drug-likeness (QED) is 0.461. The highest BCUT2D eigenvalue weighted by Crippen LogP contribution is 2.33. The zero-order valence-corrected chi connectivity index (χ0v) is 17.0. The largest absolute Gasteiger partial charge is 0.370 e. The van der Waals surface area contributed by atoms with Crippen LogP contribution in [0.15, 0.2) is 52.4 Å². The number of nitrogens with two attached hydrogens (primary N) is 3. The molecule has 0 aliphatic heterocycles. The Balaban J connectivity index is 0.00000392. The minimum Gasteiger partial charge on any atom is -0.370 e. The van der Waals surface area contributed by atoms with E-state index in [-0.39, 0.29) is 33.7 Å². The van der Waals surface area contributed by atoms with Crippen molar-refractivity contribution in [2.75, 3.05) is 4.31 Å². The van der Waals surface area contributed by atoms with Crippen LogP contribution in [0.2, 0.25) is 10.0 Å². The van der Waals surface area contributed by atoms with Crippen molar-refractivity contribution in [2.24, 2.45) is 22.2 Å². The second-order valence-corrected chi connectivity index (χ2v) is 7.62. The second-order valence-electron chi connectivity index (χ2n) is 5.05. The van der Waals surface area contributed by atoms with Gasteiger partial charge in [-0.15, -0.1) is 12.4 Å². The molecular formula is C15H14Cl3N5O4S. The Morgan fingerprint density at radius 2 is 1.54 bits per heavy atom. The molecule has 0 saturated heterocycles. The summed E-state index contributed by atoms with van der Waals surface area (Å²) < 4.78 is 26.4. The van der Waals surface area contributed by atoms with Gasteiger partial charge in [-0.1, -0.05) is 41.4 Å². The van der Waals surface area contributed by atoms with Crippen LogP contribution in [0.1, 0.15) is 10.4 Å². The number of aliphatic imine (C=N–C) groups is 1. The minimum absolute atomic E-state index is 0. The van der Waals surface area contributed by atoms with E-state index in [1.165, 1.54) is 24.3 Å². The van der Waals surface area contributed by atoms with Crippen molar-refractivity contribution in [3.05, 3.63) is 58.1 Å². The predicted octanol–water partition coefficient (Wildman–Crippen LogP) is 2.10. The van der Waals surface area contributed by atoms with Crippen LogP contribution in [0.3, 0.4) is 0 Å². The van der Waals surface area contributed by atoms with Gasteiger partial charge in [0.05, 0.1) is 21.3 Å². The molecule has 9 nitrogen and oxygen atoms in total. The molecule has 0 aromatic heterocycles. The number of carbonyl (C=O) groups excluding carboxylic acids is 2. The molecule has 2 aromatic carbocycles. The number of hydrogen-bond acceptors (Lipinski definition) is 4. The van der Waals surface area contributed by atoms with Gasteiger partial charge in [-0.3, -0.25) is 4.79 Å². The zero-order chi connectivity index (χ0) is 20.4. The lowest BCUT2D eigenvalue weighted by atomic mass is 10.2. The van der Waals surface area contributed by atoms with Crippen molar-refractivity contribution in [3.8, 4) is 0 Å². The molecule has 0 saturated carbocycles. The molecule has 0 heterocycles. The summed E-state index contributed by atoms with van der Waals surface area (Å²) in [6, 6.07) is 7.98. The fourth-order valence-electron chi connectivity index (χ4n) is 2.11. The number of hydrogen-bond donors (Lipinski definition) is 3. The van der Waals surface area contributed by atoms with E-state index in [1.54, 1.807) is 6.07 Å². The molecule has 0 bridgehead atoms. The summed E-state index contributed by atoms with van der Waals surface area (Å²) in [7, 11) is -4.58. The molecular weight excluding hydrogens is 453 g/mol. The number of amides is 3. The number of carbonyl (C=O) groups is 2. The Morgan fingerprint density at radius 3 is 2.04 bits per heavy atom. The van der Waals surface area contributed by atoms with Crippen molar-refractivity contribution in [1.29, 1.82) is 0 Å². The molecule has 2 aromatic rings. The Hall–Kier alpha value is -2.53. The first-order chi connectivity index (χ1) is 12.6. The van der Waals surface area contributed by atoms with E-state index in [9.17, 15) is 18.0 Å². The van der Waals surface area contributed by atoms with Crippen LogP contribution in [0.4, 0.5) is 10.5 Å². The highest BCUT2D eigenvalue weighted by molar-refractivity contribution is 7.93. The van der Waals surface area contributed by atoms with Crippen LogP contribution < -0.4 is 21.5 Å². The normalized spacial score (nSPS) is 10.5. The number of guanidine groups is 1. The fourth-order valence-corrected chi connectivity index (χ4v) is 4.28. The number of sulfonamides is 1. The maximum absolute atomic E-state index is 13.0. The van der Waals surface area contributed by atoms with Gasteiger partial charge in [0.25, 0.3) is 15.9 Å². The van der Waals surface area contributed by atoms with Crippen LogP contribution in [0.5, 0.6) is 0 Å². The molecule has 0 atom stereocenters. The minimum atomic E-state index is -4.58. The molecule has 6 N–H and O–H groups in total. The van der Waals surface area contributed by atoms with E-state index in [4.69, 9.17) is 40.4 Å². The molecule has 28 heavy (non-hydrogen) atoms. The van der Waals surface area contributed by atoms with Crippen molar-refractivity contribution in [1.82, 2.24) is 0 Å². The summed E-state index contributed by atoms with van der Waals surface area (Å²) in [5.74, 6) is -1.53. The maximum Gasteiger partial charge on any atom is 0.333 e. The van der Waals surface area contributed by atoms with Crippen LogP contribution in [0, 0.1) is 0 Å². The van der Waals surface area contributed by atoms with Crippen LogP contribution in [-0.2, 0) is 10.0 Å². The first-order valence-electron chi connectivity index (χ1n) is 7.08. The van der Waals surface area contributed by atoms with Gasteiger partial charge in [0.1, 0.15) is 4.90 Å². The first kappa shape index (κ1) is 23.5. The SMILES string of the molecule is Cl.NC(=O)N(c1ccccc1)S(=O)(=O)c1cc(C(=O)N=C(N)N)c(Cl)cc1Cl. The van der Waals surface area contributed by atoms with Crippen molar-refractivity contribution in [3.63, 3.8) is 0 Å². The first-order valence-corrected chi connectivity index (χ1v) is 9.28. The Labute approximate surface area is 176 Å². The number of rotatable bonds is 4. The monoisotopic (exact) mass is 465 g/mol. The van der Waals surface area contributed by atoms with Gasteiger partial charge in [0.2, 0.25) is 0 Å². The molecule has 0 radical (unpaired) electrons. The lowest BCUT2D eigenvalue weighted by Gasteiger charge is -2.21. The van der Waals surface area contributed by atoms with Crippen molar-refractivity contribution in [2.45, 2.75) is 4.90 Å². The summed E-state index contributed by atoms with van der Waals surface area (Å²) in [6.07, 6.45) is 0. The summed E-state index contributed by atoms with van der Waals surface area (Å²) in [4.78, 5) is 26.6. The summed E-state index contributed by atoms with van der Waals surface area (Å²) in [5.41, 5.74) is 15.2. The fraction of sp³-hybridized carbons (Fsp3) is 0. The number of anilines is 1. The van der Waals surface area contributed by atoms with Gasteiger partial charge in [-0.2, -0.15) is 9.30 Å². The topological polar surface area (TPSA) is 162 Å². The van der Waals surface area contributed by atoms with Crippen LogP contribution in [0.25, 0.3) is 0 Å². The van der Waals surface area contributed by atoms with Crippen molar-refractivity contribution >= 4 is 69.2 Å². The van der Waals surface area contributed by atoms with E-state index in [0.717, 1.165) is 12.1 Å². The average Bonchev–Trinajstić information content (AvgIpc) is 2.54. The number of nitrogens with zero attached hydrogens (tertiary/aromatic N) is 2. The Morgan fingerprint density at radius 1 is 0.964 bits per heavy atom. The maximum atomic E-state index is 13.0. The lowest BCUT2D eigenvalue weighted by Crippen LogP contribution is -2.41. The predicted molar refractivity (Wildman–Crippen MR) is 110 cm³/mol. The Kier molecular flexibility index (Phi) is 7.65. The van der Waals surface area contributed by atoms with Crippen LogP contribution >= 0.6 is 35.6 Å². The molecule has 3 amide bonds. The number of halogens is 3. The molecule has 0 unspecified atom stereocenters. The second kappa shape index (κ2) is 9.11. The third-order valence-corrected chi connectivity index (χ3v) is 5.69. The van der Waals surface area contributed by atoms with Gasteiger partial charge in [0.15, 0.2) is 5.96 Å². The molecule has 0 aliphatic rings. The molecule has 13 heteroatoms. The third kappa shape index (κ3) is 4.84. The van der Waals surface area contributed by atoms with Gasteiger partial charge in [0, 0.05) is 0 Å². The number of primary amides is 1. The summed E-state index contributed by atoms with van der Waals surface area (Å²) >= 11 is 11.9. The van der Waals surface area contributed by atoms with Gasteiger partial charge >= 0.3 is 6.03 Å². The average molecular weight is 467 g/mol. The highest BCUT2D eigenvalue weighted by atomic mass is 35.5. The lowest BCUT2D eigenvalue weighted by molar-refractivity contribution is 0.100. The summed E-state index contributed by atoms with van der Waals surface area (Å²) in [6.45, 7) is 0. The number of benzene rings is 2. The standard InChI is InChI=1S/C15H13Cl2N5O4S.ClH/c16-10-7-11(17)12(6-9(10)13(23)21-14(18)19)27(25,26)22(15(20)24)8-4-2-1-3-5-8;/h1-7H,(H2,20,24)(H4,18,19,21,23);1H. The number of para-hydroxylation sites is 1. The van der Waals surface area contributed by atoms with E-state index < -0.39 is 32.8 Å². The van der Waals surface area contributed by atoms with Crippen LogP contribution in [-0.4, -0.2) is 26.3 Å². The van der Waals surface area contributed by atoms with Gasteiger partial charge in [-0.05, 0) is 24.3 Å². The molecule has 2 rings (SSSR count). The van der Waals surface area contributed by atoms with Gasteiger partial charge in [-0.25, -0.2) is 13.2 Å². The van der Waals surface area contributed by atoms with Gasteiger partial charge < -0.3 is 17.2 Å². The smallest absolute Gasteiger partial charge is 0.333 e. The molecule has 0 spiro atoms. The summed E-state index contributed by atoms with van der Waals surface area (Å²) in [5, 5.41) is -0.511. The van der Waals surface area contributed by atoms with E-state index in [0.29, 0.717) is 4.31 Å². The molecule has 0 aliphatic carbocycles. The van der Waals surface area contributed by atoms with E-state index in [1.807, 2.05) is 0 Å². The third-order valence-electron chi connectivity index (χ3n) is 3.19. The zero-order valence-electron chi connectivity index (χ0n) is 13.9. The highest BCUT2D eigenvalue weighted by Gasteiger charge is 2.32. The number of urea groups is 1. The molecule has 0 fully saturated rings. The van der Waals surface area contributed by atoms with E-state index in [2.05, 4.69) is 4.99 Å². The molecule has 150 valence electrons. The van der Waals surface area contributed by atoms with E-state index >= 15 is 0 Å². The Bertz CT molecular complexity index is 1040. The van der Waals surface area contributed by atoms with Crippen molar-refractivity contribution < 1.29 is 18.0 Å².